The second kappa shape index (κ2) is 4.80. The third-order valence-corrected chi connectivity index (χ3v) is 3.74. The Morgan fingerprint density at radius 1 is 1.35 bits per heavy atom. The molecule has 0 fully saturated rings. The van der Waals surface area contributed by atoms with E-state index in [4.69, 9.17) is 5.11 Å². The molecule has 0 amide bonds. The number of H-pyrrole nitrogens is 2. The van der Waals surface area contributed by atoms with Gasteiger partial charge < -0.3 is 9.84 Å². The smallest absolute Gasteiger partial charge is 0.357 e. The first-order chi connectivity index (χ1) is 9.35. The quantitative estimate of drug-likeness (QED) is 0.565. The summed E-state index contributed by atoms with van der Waals surface area (Å²) in [6.07, 6.45) is 0. The molecule has 0 bridgehead atoms. The van der Waals surface area contributed by atoms with E-state index in [2.05, 4.69) is 34.8 Å². The summed E-state index contributed by atoms with van der Waals surface area (Å²) in [5.41, 5.74) is -0.525. The van der Waals surface area contributed by atoms with Crippen molar-refractivity contribution in [1.29, 1.82) is 0 Å². The monoisotopic (exact) mass is 302 g/mol. The minimum Gasteiger partial charge on any atom is -0.476 e. The summed E-state index contributed by atoms with van der Waals surface area (Å²) in [6, 6.07) is -0.0647. The molecule has 0 aliphatic heterocycles. The summed E-state index contributed by atoms with van der Waals surface area (Å²) in [4.78, 5) is 14.2. The lowest BCUT2D eigenvalue weighted by atomic mass is 10.4. The molecule has 0 saturated heterocycles. The fourth-order valence-corrected chi connectivity index (χ4v) is 2.74. The van der Waals surface area contributed by atoms with Crippen molar-refractivity contribution >= 4 is 21.9 Å². The molecule has 2 rings (SSSR count). The van der Waals surface area contributed by atoms with Gasteiger partial charge in [-0.3, -0.25) is 5.10 Å². The van der Waals surface area contributed by atoms with Crippen LogP contribution in [0.2, 0.25) is 0 Å². The SMILES string of the molecule is COc1n[nH]c(NS(=O)(=O)c2c(C(=O)O)n[nH]c2C)n1. The van der Waals surface area contributed by atoms with E-state index in [0.717, 1.165) is 0 Å². The Bertz CT molecular complexity index is 747. The Labute approximate surface area is 112 Å². The molecule has 0 aliphatic carbocycles. The van der Waals surface area contributed by atoms with Gasteiger partial charge in [0, 0.05) is 0 Å². The summed E-state index contributed by atoms with van der Waals surface area (Å²) >= 11 is 0. The molecule has 20 heavy (non-hydrogen) atoms. The molecule has 2 aromatic rings. The molecule has 4 N–H and O–H groups in total. The van der Waals surface area contributed by atoms with E-state index in [1.807, 2.05) is 0 Å². The fourth-order valence-electron chi connectivity index (χ4n) is 1.45. The molecule has 0 radical (unpaired) electrons. The van der Waals surface area contributed by atoms with Crippen molar-refractivity contribution in [1.82, 2.24) is 25.4 Å². The standard InChI is InChI=1S/C8H10N6O5S/c1-3-5(4(6(15)16)11-10-3)20(17,18)14-7-9-8(19-2)13-12-7/h1-2H3,(H,10,11)(H,15,16)(H2,9,12,13,14). The van der Waals surface area contributed by atoms with E-state index >= 15 is 0 Å². The minimum absolute atomic E-state index is 0.0647. The lowest BCUT2D eigenvalue weighted by molar-refractivity contribution is 0.0686. The topological polar surface area (TPSA) is 163 Å². The van der Waals surface area contributed by atoms with Gasteiger partial charge in [0.25, 0.3) is 10.0 Å². The van der Waals surface area contributed by atoms with Gasteiger partial charge in [-0.15, -0.1) is 5.10 Å². The summed E-state index contributed by atoms with van der Waals surface area (Å²) in [5.74, 6) is -1.68. The molecule has 0 unspecified atom stereocenters. The van der Waals surface area contributed by atoms with Crippen molar-refractivity contribution in [3.63, 3.8) is 0 Å². The van der Waals surface area contributed by atoms with Crippen molar-refractivity contribution < 1.29 is 23.1 Å². The van der Waals surface area contributed by atoms with Crippen molar-refractivity contribution in [2.45, 2.75) is 11.8 Å². The Morgan fingerprint density at radius 2 is 2.05 bits per heavy atom. The van der Waals surface area contributed by atoms with Crippen molar-refractivity contribution in [2.75, 3.05) is 11.8 Å². The van der Waals surface area contributed by atoms with Gasteiger partial charge in [-0.1, -0.05) is 0 Å². The summed E-state index contributed by atoms with van der Waals surface area (Å²) < 4.78 is 31.0. The highest BCUT2D eigenvalue weighted by Crippen LogP contribution is 2.20. The molecule has 108 valence electrons. The number of carbonyl (C=O) groups is 1. The summed E-state index contributed by atoms with van der Waals surface area (Å²) in [6.45, 7) is 1.38. The summed E-state index contributed by atoms with van der Waals surface area (Å²) in [5, 5.41) is 20.5. The van der Waals surface area contributed by atoms with Crippen LogP contribution in [0.25, 0.3) is 0 Å². The van der Waals surface area contributed by atoms with E-state index in [1.165, 1.54) is 14.0 Å². The Balaban J connectivity index is 2.40. The first-order valence-corrected chi connectivity index (χ1v) is 6.61. The van der Waals surface area contributed by atoms with Gasteiger partial charge in [-0.05, 0) is 6.92 Å². The zero-order valence-electron chi connectivity index (χ0n) is 10.3. The molecule has 0 saturated carbocycles. The van der Waals surface area contributed by atoms with Gasteiger partial charge in [-0.2, -0.15) is 10.1 Å². The third-order valence-electron chi connectivity index (χ3n) is 2.24. The molecule has 0 aliphatic rings. The second-order valence-electron chi connectivity index (χ2n) is 3.61. The van der Waals surface area contributed by atoms with E-state index in [9.17, 15) is 13.2 Å². The maximum atomic E-state index is 12.1. The van der Waals surface area contributed by atoms with Gasteiger partial charge in [0.15, 0.2) is 5.69 Å². The molecule has 2 aromatic heterocycles. The second-order valence-corrected chi connectivity index (χ2v) is 5.23. The Hall–Kier alpha value is -2.63. The van der Waals surface area contributed by atoms with Gasteiger partial charge in [-0.25, -0.2) is 23.0 Å². The number of anilines is 1. The highest BCUT2D eigenvalue weighted by molar-refractivity contribution is 7.92. The number of nitrogens with one attached hydrogen (secondary N) is 3. The van der Waals surface area contributed by atoms with E-state index in [0.29, 0.717) is 0 Å². The zero-order chi connectivity index (χ0) is 14.9. The maximum Gasteiger partial charge on any atom is 0.357 e. The highest BCUT2D eigenvalue weighted by atomic mass is 32.2. The van der Waals surface area contributed by atoms with Crippen LogP contribution in [0, 0.1) is 6.92 Å². The number of aromatic nitrogens is 5. The number of carboxylic acid groups (broad SMARTS) is 1. The van der Waals surface area contributed by atoms with Crippen LogP contribution < -0.4 is 9.46 Å². The lowest BCUT2D eigenvalue weighted by Gasteiger charge is -2.04. The van der Waals surface area contributed by atoms with Crippen molar-refractivity contribution in [3.05, 3.63) is 11.4 Å². The predicted molar refractivity (Wildman–Crippen MR) is 64.0 cm³/mol. The molecule has 12 heteroatoms. The maximum absolute atomic E-state index is 12.1. The number of nitrogens with zero attached hydrogens (tertiary/aromatic N) is 3. The van der Waals surface area contributed by atoms with Crippen LogP contribution in [0.4, 0.5) is 5.95 Å². The van der Waals surface area contributed by atoms with Gasteiger partial charge in [0.2, 0.25) is 5.95 Å². The lowest BCUT2D eigenvalue weighted by Crippen LogP contribution is -2.17. The zero-order valence-corrected chi connectivity index (χ0v) is 11.1. The van der Waals surface area contributed by atoms with Crippen LogP contribution in [-0.2, 0) is 10.0 Å². The third kappa shape index (κ3) is 2.40. The first kappa shape index (κ1) is 13.8. The fraction of sp³-hybridized carbons (Fsp3) is 0.250. The van der Waals surface area contributed by atoms with Crippen LogP contribution in [0.3, 0.4) is 0 Å². The molecule has 0 atom stereocenters. The average Bonchev–Trinajstić information content (AvgIpc) is 2.95. The van der Waals surface area contributed by atoms with E-state index in [1.54, 1.807) is 0 Å². The number of methoxy groups -OCH3 is 1. The molecular formula is C8H10N6O5S. The molecule has 2 heterocycles. The Kier molecular flexibility index (Phi) is 3.31. The normalized spacial score (nSPS) is 11.3. The largest absolute Gasteiger partial charge is 0.476 e. The number of aryl methyl sites for hydroxylation is 1. The van der Waals surface area contributed by atoms with Crippen LogP contribution >= 0.6 is 0 Å². The number of aromatic carboxylic acids is 1. The number of sulfonamides is 1. The average molecular weight is 302 g/mol. The number of hydrogen-bond acceptors (Lipinski definition) is 7. The van der Waals surface area contributed by atoms with Crippen LogP contribution in [0.5, 0.6) is 6.01 Å². The van der Waals surface area contributed by atoms with Crippen molar-refractivity contribution in [2.24, 2.45) is 0 Å². The molecule has 11 nitrogen and oxygen atoms in total. The number of hydrogen-bond donors (Lipinski definition) is 4. The number of ether oxygens (including phenoxy) is 1. The van der Waals surface area contributed by atoms with Crippen molar-refractivity contribution in [3.8, 4) is 6.01 Å². The Morgan fingerprint density at radius 3 is 2.60 bits per heavy atom. The number of rotatable bonds is 5. The van der Waals surface area contributed by atoms with Crippen LogP contribution in [0.1, 0.15) is 16.2 Å². The molecular weight excluding hydrogens is 292 g/mol. The summed E-state index contributed by atoms with van der Waals surface area (Å²) in [7, 11) is -2.88. The van der Waals surface area contributed by atoms with Crippen LogP contribution in [-0.4, -0.2) is 52.0 Å². The molecule has 0 spiro atoms. The van der Waals surface area contributed by atoms with Gasteiger partial charge in [0.05, 0.1) is 12.8 Å². The van der Waals surface area contributed by atoms with Gasteiger partial charge >= 0.3 is 12.0 Å². The minimum atomic E-state index is -4.19. The predicted octanol–water partition coefficient (Wildman–Crippen LogP) is -0.656. The van der Waals surface area contributed by atoms with Gasteiger partial charge in [0.1, 0.15) is 4.90 Å². The van der Waals surface area contributed by atoms with E-state index < -0.39 is 26.6 Å². The number of carboxylic acids is 1. The molecule has 0 aromatic carbocycles. The number of aromatic amines is 2. The van der Waals surface area contributed by atoms with Crippen LogP contribution in [0.15, 0.2) is 4.90 Å². The highest BCUT2D eigenvalue weighted by Gasteiger charge is 2.29. The first-order valence-electron chi connectivity index (χ1n) is 5.12. The van der Waals surface area contributed by atoms with E-state index in [-0.39, 0.29) is 17.7 Å².